The maximum Gasteiger partial charge on any atom is 0.223 e. The number of anilines is 1. The van der Waals surface area contributed by atoms with Crippen molar-refractivity contribution in [3.63, 3.8) is 0 Å². The summed E-state index contributed by atoms with van der Waals surface area (Å²) in [7, 11) is 0. The smallest absolute Gasteiger partial charge is 0.223 e. The molecule has 1 fully saturated rings. The number of benzene rings is 1. The van der Waals surface area contributed by atoms with Crippen LogP contribution in [0.15, 0.2) is 36.4 Å². The van der Waals surface area contributed by atoms with Crippen molar-refractivity contribution in [2.45, 2.75) is 39.2 Å². The SMILES string of the molecule is CC[C@H](C)NC(=O)C1CCN(c2ccc3nnc(-c4ccccc4Cl)n3n2)CC1. The van der Waals surface area contributed by atoms with Crippen LogP contribution in [0.25, 0.3) is 17.0 Å². The lowest BCUT2D eigenvalue weighted by atomic mass is 9.95. The molecular formula is C21H25ClN6O. The number of carbonyl (C=O) groups is 1. The zero-order chi connectivity index (χ0) is 20.4. The van der Waals surface area contributed by atoms with Gasteiger partial charge in [-0.05, 0) is 50.5 Å². The minimum Gasteiger partial charge on any atom is -0.355 e. The van der Waals surface area contributed by atoms with E-state index in [4.69, 9.17) is 16.7 Å². The number of amides is 1. The molecule has 0 bridgehead atoms. The zero-order valence-electron chi connectivity index (χ0n) is 16.7. The molecule has 1 amide bonds. The first-order valence-corrected chi connectivity index (χ1v) is 10.5. The molecule has 0 aliphatic carbocycles. The second-order valence-corrected chi connectivity index (χ2v) is 7.95. The first-order chi connectivity index (χ1) is 14.1. The van der Waals surface area contributed by atoms with Crippen molar-refractivity contribution < 1.29 is 4.79 Å². The minimum absolute atomic E-state index is 0.0672. The Balaban J connectivity index is 1.52. The van der Waals surface area contributed by atoms with Gasteiger partial charge in [0.1, 0.15) is 5.82 Å². The highest BCUT2D eigenvalue weighted by molar-refractivity contribution is 6.33. The quantitative estimate of drug-likeness (QED) is 0.693. The fourth-order valence-electron chi connectivity index (χ4n) is 3.59. The summed E-state index contributed by atoms with van der Waals surface area (Å²) in [5, 5.41) is 17.0. The Morgan fingerprint density at radius 1 is 1.21 bits per heavy atom. The fraction of sp³-hybridized carbons (Fsp3) is 0.429. The molecule has 29 heavy (non-hydrogen) atoms. The van der Waals surface area contributed by atoms with E-state index in [-0.39, 0.29) is 17.9 Å². The van der Waals surface area contributed by atoms with Crippen LogP contribution in [-0.2, 0) is 4.79 Å². The van der Waals surface area contributed by atoms with Gasteiger partial charge in [0.2, 0.25) is 5.91 Å². The van der Waals surface area contributed by atoms with Crippen LogP contribution in [0, 0.1) is 5.92 Å². The molecule has 152 valence electrons. The van der Waals surface area contributed by atoms with Gasteiger partial charge in [-0.25, -0.2) is 0 Å². The van der Waals surface area contributed by atoms with E-state index in [0.717, 1.165) is 43.7 Å². The predicted octanol–water partition coefficient (Wildman–Crippen LogP) is 3.58. The first-order valence-electron chi connectivity index (χ1n) is 10.1. The van der Waals surface area contributed by atoms with Crippen molar-refractivity contribution in [3.05, 3.63) is 41.4 Å². The Morgan fingerprint density at radius 3 is 2.69 bits per heavy atom. The van der Waals surface area contributed by atoms with Crippen molar-refractivity contribution in [1.29, 1.82) is 0 Å². The number of rotatable bonds is 5. The van der Waals surface area contributed by atoms with E-state index in [1.54, 1.807) is 4.52 Å². The van der Waals surface area contributed by atoms with E-state index in [1.807, 2.05) is 43.3 Å². The highest BCUT2D eigenvalue weighted by Gasteiger charge is 2.26. The van der Waals surface area contributed by atoms with E-state index in [2.05, 4.69) is 27.3 Å². The topological polar surface area (TPSA) is 75.4 Å². The third-order valence-electron chi connectivity index (χ3n) is 5.55. The minimum atomic E-state index is 0.0672. The molecule has 1 aliphatic heterocycles. The lowest BCUT2D eigenvalue weighted by molar-refractivity contribution is -0.126. The number of hydrogen-bond acceptors (Lipinski definition) is 5. The van der Waals surface area contributed by atoms with Gasteiger partial charge < -0.3 is 10.2 Å². The average Bonchev–Trinajstić information content (AvgIpc) is 3.17. The van der Waals surface area contributed by atoms with E-state index >= 15 is 0 Å². The number of fused-ring (bicyclic) bond motifs is 1. The van der Waals surface area contributed by atoms with Crippen LogP contribution in [0.1, 0.15) is 33.1 Å². The summed E-state index contributed by atoms with van der Waals surface area (Å²) in [6.07, 6.45) is 2.59. The number of nitrogens with zero attached hydrogens (tertiary/aromatic N) is 5. The zero-order valence-corrected chi connectivity index (χ0v) is 17.4. The molecule has 0 saturated carbocycles. The summed E-state index contributed by atoms with van der Waals surface area (Å²) >= 11 is 6.34. The normalized spacial score (nSPS) is 16.2. The molecule has 3 aromatic rings. The van der Waals surface area contributed by atoms with Gasteiger partial charge in [-0.1, -0.05) is 30.7 Å². The first kappa shape index (κ1) is 19.6. The second-order valence-electron chi connectivity index (χ2n) is 7.54. The van der Waals surface area contributed by atoms with Crippen LogP contribution in [-0.4, -0.2) is 44.8 Å². The van der Waals surface area contributed by atoms with Gasteiger partial charge in [-0.3, -0.25) is 4.79 Å². The molecule has 1 N–H and O–H groups in total. The molecule has 8 heteroatoms. The molecule has 0 spiro atoms. The molecule has 1 aliphatic rings. The molecule has 1 atom stereocenters. The Bertz CT molecular complexity index is 1010. The van der Waals surface area contributed by atoms with Crippen LogP contribution < -0.4 is 10.2 Å². The number of nitrogens with one attached hydrogen (secondary N) is 1. The fourth-order valence-corrected chi connectivity index (χ4v) is 3.81. The molecule has 7 nitrogen and oxygen atoms in total. The largest absolute Gasteiger partial charge is 0.355 e. The van der Waals surface area contributed by atoms with Crippen molar-refractivity contribution in [2.75, 3.05) is 18.0 Å². The van der Waals surface area contributed by atoms with Crippen LogP contribution in [0.5, 0.6) is 0 Å². The summed E-state index contributed by atoms with van der Waals surface area (Å²) < 4.78 is 1.73. The van der Waals surface area contributed by atoms with Gasteiger partial charge in [-0.2, -0.15) is 4.52 Å². The van der Waals surface area contributed by atoms with Crippen molar-refractivity contribution in [2.24, 2.45) is 5.92 Å². The maximum atomic E-state index is 12.4. The molecule has 4 rings (SSSR count). The van der Waals surface area contributed by atoms with Gasteiger partial charge >= 0.3 is 0 Å². The summed E-state index contributed by atoms with van der Waals surface area (Å²) in [5.74, 6) is 1.71. The monoisotopic (exact) mass is 412 g/mol. The molecule has 1 saturated heterocycles. The maximum absolute atomic E-state index is 12.4. The third-order valence-corrected chi connectivity index (χ3v) is 5.88. The standard InChI is InChI=1S/C21H25ClN6O/c1-3-14(2)23-21(29)15-10-12-27(13-11-15)19-9-8-18-24-25-20(28(18)26-19)16-6-4-5-7-17(16)22/h4-9,14-15H,3,10-13H2,1-2H3,(H,23,29)/t14-/m0/s1. The van der Waals surface area contributed by atoms with Crippen LogP contribution in [0.2, 0.25) is 5.02 Å². The molecule has 0 radical (unpaired) electrons. The van der Waals surface area contributed by atoms with Crippen LogP contribution >= 0.6 is 11.6 Å². The Kier molecular flexibility index (Phi) is 5.67. The van der Waals surface area contributed by atoms with Gasteiger partial charge in [0.25, 0.3) is 0 Å². The average molecular weight is 413 g/mol. The molecule has 2 aromatic heterocycles. The number of carbonyl (C=O) groups excluding carboxylic acids is 1. The van der Waals surface area contributed by atoms with E-state index in [9.17, 15) is 4.79 Å². The van der Waals surface area contributed by atoms with Gasteiger partial charge in [0.15, 0.2) is 11.5 Å². The number of halogens is 1. The van der Waals surface area contributed by atoms with Gasteiger partial charge in [0.05, 0.1) is 5.02 Å². The highest BCUT2D eigenvalue weighted by atomic mass is 35.5. The predicted molar refractivity (Wildman–Crippen MR) is 114 cm³/mol. The van der Waals surface area contributed by atoms with E-state index in [0.29, 0.717) is 16.5 Å². The molecular weight excluding hydrogens is 388 g/mol. The second kappa shape index (κ2) is 8.37. The van der Waals surface area contributed by atoms with Gasteiger partial charge in [0, 0.05) is 30.6 Å². The number of piperidine rings is 1. The molecule has 1 aromatic carbocycles. The Morgan fingerprint density at radius 2 is 1.97 bits per heavy atom. The summed E-state index contributed by atoms with van der Waals surface area (Å²) in [5.41, 5.74) is 1.47. The Hall–Kier alpha value is -2.67. The third kappa shape index (κ3) is 4.05. The van der Waals surface area contributed by atoms with Gasteiger partial charge in [-0.15, -0.1) is 15.3 Å². The van der Waals surface area contributed by atoms with Crippen molar-refractivity contribution >= 4 is 29.0 Å². The van der Waals surface area contributed by atoms with Crippen LogP contribution in [0.3, 0.4) is 0 Å². The highest BCUT2D eigenvalue weighted by Crippen LogP contribution is 2.27. The summed E-state index contributed by atoms with van der Waals surface area (Å²) in [6, 6.07) is 11.6. The van der Waals surface area contributed by atoms with Crippen LogP contribution in [0.4, 0.5) is 5.82 Å². The Labute approximate surface area is 175 Å². The van der Waals surface area contributed by atoms with E-state index in [1.165, 1.54) is 0 Å². The van der Waals surface area contributed by atoms with Crippen molar-refractivity contribution in [1.82, 2.24) is 25.1 Å². The lowest BCUT2D eigenvalue weighted by Crippen LogP contribution is -2.43. The van der Waals surface area contributed by atoms with E-state index < -0.39 is 0 Å². The lowest BCUT2D eigenvalue weighted by Gasteiger charge is -2.32. The summed E-state index contributed by atoms with van der Waals surface area (Å²) in [4.78, 5) is 14.6. The number of hydrogen-bond donors (Lipinski definition) is 1. The number of aromatic nitrogens is 4. The molecule has 3 heterocycles. The molecule has 0 unspecified atom stereocenters. The summed E-state index contributed by atoms with van der Waals surface area (Å²) in [6.45, 7) is 5.71. The van der Waals surface area contributed by atoms with Crippen molar-refractivity contribution in [3.8, 4) is 11.4 Å².